The maximum Gasteiger partial charge on any atom is 0.270 e. The average Bonchev–Trinajstić information content (AvgIpc) is 2.36. The highest BCUT2D eigenvalue weighted by Gasteiger charge is 2.07. The second-order valence-electron chi connectivity index (χ2n) is 3.73. The first-order chi connectivity index (χ1) is 8.65. The van der Waals surface area contributed by atoms with Crippen molar-refractivity contribution in [2.75, 3.05) is 5.73 Å². The lowest BCUT2D eigenvalue weighted by Gasteiger charge is -2.05. The van der Waals surface area contributed by atoms with Crippen LogP contribution in [0.15, 0.2) is 30.5 Å². The van der Waals surface area contributed by atoms with E-state index in [0.29, 0.717) is 23.9 Å². The van der Waals surface area contributed by atoms with Crippen LogP contribution in [0.3, 0.4) is 0 Å². The Morgan fingerprint density at radius 1 is 1.33 bits per heavy atom. The standard InChI is InChI=1S/C12H13N5O/c1-8-14-6-5-9(16-8)7-15-12(18)10-3-2-4-11(13)17-10/h2-6H,7H2,1H3,(H2,13,17)(H,15,18). The van der Waals surface area contributed by atoms with Crippen molar-refractivity contribution in [1.29, 1.82) is 0 Å². The van der Waals surface area contributed by atoms with Gasteiger partial charge in [-0.15, -0.1) is 0 Å². The second-order valence-corrected chi connectivity index (χ2v) is 3.73. The SMILES string of the molecule is Cc1nccc(CNC(=O)c2cccc(N)n2)n1. The minimum atomic E-state index is -0.279. The Hall–Kier alpha value is -2.50. The number of anilines is 1. The normalized spacial score (nSPS) is 10.1. The third-order valence-electron chi connectivity index (χ3n) is 2.27. The van der Waals surface area contributed by atoms with E-state index in [-0.39, 0.29) is 5.91 Å². The van der Waals surface area contributed by atoms with Gasteiger partial charge < -0.3 is 11.1 Å². The highest BCUT2D eigenvalue weighted by atomic mass is 16.1. The summed E-state index contributed by atoms with van der Waals surface area (Å²) in [5.74, 6) is 0.711. The molecule has 1 amide bonds. The number of carbonyl (C=O) groups excluding carboxylic acids is 1. The van der Waals surface area contributed by atoms with Crippen molar-refractivity contribution >= 4 is 11.7 Å². The lowest BCUT2D eigenvalue weighted by Crippen LogP contribution is -2.24. The molecule has 0 atom stereocenters. The van der Waals surface area contributed by atoms with Crippen LogP contribution in [-0.2, 0) is 6.54 Å². The van der Waals surface area contributed by atoms with E-state index in [9.17, 15) is 4.79 Å². The Balaban J connectivity index is 2.00. The molecule has 0 spiro atoms. The molecule has 2 heterocycles. The number of aryl methyl sites for hydroxylation is 1. The van der Waals surface area contributed by atoms with Crippen molar-refractivity contribution < 1.29 is 4.79 Å². The topological polar surface area (TPSA) is 93.8 Å². The van der Waals surface area contributed by atoms with E-state index in [2.05, 4.69) is 20.3 Å². The van der Waals surface area contributed by atoms with Crippen LogP contribution in [0, 0.1) is 6.92 Å². The number of nitrogens with two attached hydrogens (primary N) is 1. The van der Waals surface area contributed by atoms with E-state index < -0.39 is 0 Å². The van der Waals surface area contributed by atoms with E-state index in [0.717, 1.165) is 5.69 Å². The summed E-state index contributed by atoms with van der Waals surface area (Å²) in [6.07, 6.45) is 1.66. The van der Waals surface area contributed by atoms with E-state index in [4.69, 9.17) is 5.73 Å². The van der Waals surface area contributed by atoms with Gasteiger partial charge in [0, 0.05) is 6.20 Å². The summed E-state index contributed by atoms with van der Waals surface area (Å²) in [5.41, 5.74) is 6.55. The minimum Gasteiger partial charge on any atom is -0.384 e. The van der Waals surface area contributed by atoms with Crippen LogP contribution in [0.5, 0.6) is 0 Å². The van der Waals surface area contributed by atoms with Gasteiger partial charge in [0.2, 0.25) is 0 Å². The second kappa shape index (κ2) is 5.22. The fourth-order valence-electron chi connectivity index (χ4n) is 1.44. The molecule has 2 aromatic heterocycles. The molecule has 0 saturated carbocycles. The molecule has 0 unspecified atom stereocenters. The van der Waals surface area contributed by atoms with Gasteiger partial charge in [-0.05, 0) is 25.1 Å². The fourth-order valence-corrected chi connectivity index (χ4v) is 1.44. The highest BCUT2D eigenvalue weighted by Crippen LogP contribution is 2.01. The molecule has 0 aromatic carbocycles. The molecule has 0 fully saturated rings. The summed E-state index contributed by atoms with van der Waals surface area (Å²) in [6.45, 7) is 2.13. The van der Waals surface area contributed by atoms with E-state index >= 15 is 0 Å². The molecule has 0 bridgehead atoms. The Bertz CT molecular complexity index is 570. The van der Waals surface area contributed by atoms with Crippen LogP contribution in [0.25, 0.3) is 0 Å². The first-order valence-corrected chi connectivity index (χ1v) is 5.44. The highest BCUT2D eigenvalue weighted by molar-refractivity contribution is 5.92. The van der Waals surface area contributed by atoms with Gasteiger partial charge in [0.05, 0.1) is 12.2 Å². The van der Waals surface area contributed by atoms with Crippen molar-refractivity contribution in [3.05, 3.63) is 47.7 Å². The molecule has 92 valence electrons. The number of nitrogen functional groups attached to an aromatic ring is 1. The van der Waals surface area contributed by atoms with Crippen LogP contribution in [0.4, 0.5) is 5.82 Å². The number of amides is 1. The quantitative estimate of drug-likeness (QED) is 0.827. The minimum absolute atomic E-state index is 0.279. The maximum absolute atomic E-state index is 11.8. The van der Waals surface area contributed by atoms with Gasteiger partial charge in [-0.1, -0.05) is 6.07 Å². The predicted molar refractivity (Wildman–Crippen MR) is 66.6 cm³/mol. The lowest BCUT2D eigenvalue weighted by molar-refractivity contribution is 0.0945. The number of rotatable bonds is 3. The van der Waals surface area contributed by atoms with E-state index in [1.54, 1.807) is 37.4 Å². The summed E-state index contributed by atoms with van der Waals surface area (Å²) in [4.78, 5) is 23.9. The molecule has 2 aromatic rings. The van der Waals surface area contributed by atoms with Gasteiger partial charge in [-0.3, -0.25) is 4.79 Å². The predicted octanol–water partition coefficient (Wildman–Crippen LogP) is 0.692. The van der Waals surface area contributed by atoms with Crippen molar-refractivity contribution in [3.8, 4) is 0 Å². The van der Waals surface area contributed by atoms with Crippen LogP contribution in [0.1, 0.15) is 22.0 Å². The molecule has 3 N–H and O–H groups in total. The van der Waals surface area contributed by atoms with Crippen LogP contribution in [-0.4, -0.2) is 20.9 Å². The molecule has 0 aliphatic rings. The summed E-state index contributed by atoms with van der Waals surface area (Å²) in [7, 11) is 0. The first-order valence-electron chi connectivity index (χ1n) is 5.44. The number of carbonyl (C=O) groups is 1. The molecule has 0 aliphatic carbocycles. The third-order valence-corrected chi connectivity index (χ3v) is 2.27. The van der Waals surface area contributed by atoms with E-state index in [1.807, 2.05) is 0 Å². The molecule has 6 nitrogen and oxygen atoms in total. The van der Waals surface area contributed by atoms with Crippen molar-refractivity contribution in [3.63, 3.8) is 0 Å². The molecule has 18 heavy (non-hydrogen) atoms. The molecular weight excluding hydrogens is 230 g/mol. The Kier molecular flexibility index (Phi) is 3.47. The van der Waals surface area contributed by atoms with Crippen LogP contribution >= 0.6 is 0 Å². The van der Waals surface area contributed by atoms with Crippen LogP contribution in [0.2, 0.25) is 0 Å². The molecule has 2 rings (SSSR count). The molecule has 0 aliphatic heterocycles. The van der Waals surface area contributed by atoms with Gasteiger partial charge in [0.15, 0.2) is 0 Å². The van der Waals surface area contributed by atoms with Gasteiger partial charge in [0.1, 0.15) is 17.3 Å². The van der Waals surface area contributed by atoms with Gasteiger partial charge in [-0.25, -0.2) is 15.0 Å². The zero-order valence-electron chi connectivity index (χ0n) is 9.92. The zero-order valence-corrected chi connectivity index (χ0v) is 9.92. The number of aromatic nitrogens is 3. The van der Waals surface area contributed by atoms with Crippen molar-refractivity contribution in [1.82, 2.24) is 20.3 Å². The largest absolute Gasteiger partial charge is 0.384 e. The van der Waals surface area contributed by atoms with Gasteiger partial charge in [-0.2, -0.15) is 0 Å². The van der Waals surface area contributed by atoms with Gasteiger partial charge >= 0.3 is 0 Å². The van der Waals surface area contributed by atoms with Crippen molar-refractivity contribution in [2.45, 2.75) is 13.5 Å². The van der Waals surface area contributed by atoms with E-state index in [1.165, 1.54) is 0 Å². The zero-order chi connectivity index (χ0) is 13.0. The summed E-state index contributed by atoms with van der Waals surface area (Å²) in [5, 5.41) is 2.72. The Morgan fingerprint density at radius 3 is 2.89 bits per heavy atom. The molecular formula is C12H13N5O. The lowest BCUT2D eigenvalue weighted by atomic mass is 10.3. The number of hydrogen-bond donors (Lipinski definition) is 2. The summed E-state index contributed by atoms with van der Waals surface area (Å²) in [6, 6.07) is 6.67. The number of pyridine rings is 1. The smallest absolute Gasteiger partial charge is 0.270 e. The third kappa shape index (κ3) is 3.00. The first kappa shape index (κ1) is 12.0. The molecule has 0 saturated heterocycles. The monoisotopic (exact) mass is 243 g/mol. The molecule has 0 radical (unpaired) electrons. The summed E-state index contributed by atoms with van der Waals surface area (Å²) < 4.78 is 0. The average molecular weight is 243 g/mol. The number of nitrogens with one attached hydrogen (secondary N) is 1. The van der Waals surface area contributed by atoms with Crippen molar-refractivity contribution in [2.24, 2.45) is 0 Å². The summed E-state index contributed by atoms with van der Waals surface area (Å²) >= 11 is 0. The maximum atomic E-state index is 11.8. The Labute approximate surface area is 104 Å². The number of nitrogens with zero attached hydrogens (tertiary/aromatic N) is 3. The van der Waals surface area contributed by atoms with Crippen LogP contribution < -0.4 is 11.1 Å². The Morgan fingerprint density at radius 2 is 2.17 bits per heavy atom. The molecule has 6 heteroatoms. The fraction of sp³-hybridized carbons (Fsp3) is 0.167. The van der Waals surface area contributed by atoms with Gasteiger partial charge in [0.25, 0.3) is 5.91 Å². The number of hydrogen-bond acceptors (Lipinski definition) is 5.